The molecule has 0 atom stereocenters. The number of anilines is 1. The molecule has 7 heteroatoms. The molecule has 0 bridgehead atoms. The molecule has 2 heterocycles. The summed E-state index contributed by atoms with van der Waals surface area (Å²) in [6, 6.07) is 8.46. The number of hydrogen-bond donors (Lipinski definition) is 2. The average Bonchev–Trinajstić information content (AvgIpc) is 2.98. The Kier molecular flexibility index (Phi) is 3.53. The number of H-pyrrole nitrogens is 1. The largest absolute Gasteiger partial charge is 0.464 e. The Hall–Kier alpha value is -3.22. The molecule has 0 unspecified atom stereocenters. The third-order valence-electron chi connectivity index (χ3n) is 3.12. The zero-order valence-electron chi connectivity index (χ0n) is 11.7. The number of fused-ring (bicyclic) bond motifs is 1. The highest BCUT2D eigenvalue weighted by Gasteiger charge is 2.15. The van der Waals surface area contributed by atoms with Gasteiger partial charge in [-0.2, -0.15) is 5.10 Å². The number of carbonyl (C=O) groups is 2. The van der Waals surface area contributed by atoms with Crippen molar-refractivity contribution in [3.8, 4) is 0 Å². The molecule has 2 N–H and O–H groups in total. The lowest BCUT2D eigenvalue weighted by Crippen LogP contribution is -2.12. The second-order valence-electron chi connectivity index (χ2n) is 4.52. The fourth-order valence-electron chi connectivity index (χ4n) is 2.04. The van der Waals surface area contributed by atoms with Gasteiger partial charge in [0, 0.05) is 23.5 Å². The first-order valence-corrected chi connectivity index (χ1v) is 6.47. The minimum atomic E-state index is -0.540. The molecule has 3 aromatic rings. The maximum Gasteiger partial charge on any atom is 0.359 e. The van der Waals surface area contributed by atoms with Crippen molar-refractivity contribution in [1.29, 1.82) is 0 Å². The quantitative estimate of drug-likeness (QED) is 0.720. The molecule has 0 radical (unpaired) electrons. The maximum absolute atomic E-state index is 12.1. The summed E-state index contributed by atoms with van der Waals surface area (Å²) in [5.41, 5.74) is 1.85. The van der Waals surface area contributed by atoms with E-state index in [2.05, 4.69) is 25.2 Å². The van der Waals surface area contributed by atoms with Crippen molar-refractivity contribution in [3.63, 3.8) is 0 Å². The first-order chi connectivity index (χ1) is 10.7. The third kappa shape index (κ3) is 2.51. The number of methoxy groups -OCH3 is 1. The van der Waals surface area contributed by atoms with Crippen LogP contribution in [-0.2, 0) is 4.74 Å². The number of amides is 1. The summed E-state index contributed by atoms with van der Waals surface area (Å²) >= 11 is 0. The molecule has 1 aromatic carbocycles. The number of aromatic nitrogens is 3. The zero-order chi connectivity index (χ0) is 15.5. The van der Waals surface area contributed by atoms with Crippen LogP contribution in [0.1, 0.15) is 20.8 Å². The second kappa shape index (κ2) is 5.65. The molecule has 3 rings (SSSR count). The van der Waals surface area contributed by atoms with E-state index in [-0.39, 0.29) is 11.6 Å². The number of nitrogens with zero attached hydrogens (tertiary/aromatic N) is 2. The van der Waals surface area contributed by atoms with Gasteiger partial charge in [0.1, 0.15) is 0 Å². The van der Waals surface area contributed by atoms with E-state index >= 15 is 0 Å². The fourth-order valence-corrected chi connectivity index (χ4v) is 2.04. The van der Waals surface area contributed by atoms with Crippen LogP contribution >= 0.6 is 0 Å². The molecule has 2 aromatic heterocycles. The molecule has 110 valence electrons. The fraction of sp³-hybridized carbons (Fsp3) is 0.0667. The van der Waals surface area contributed by atoms with Crippen LogP contribution in [0.4, 0.5) is 5.69 Å². The molecule has 22 heavy (non-hydrogen) atoms. The number of rotatable bonds is 3. The van der Waals surface area contributed by atoms with E-state index in [0.717, 1.165) is 0 Å². The predicted molar refractivity (Wildman–Crippen MR) is 79.6 cm³/mol. The molecule has 0 aliphatic rings. The Morgan fingerprint density at radius 3 is 2.86 bits per heavy atom. The van der Waals surface area contributed by atoms with Gasteiger partial charge in [0.15, 0.2) is 5.69 Å². The Balaban J connectivity index is 1.92. The zero-order valence-corrected chi connectivity index (χ0v) is 11.7. The van der Waals surface area contributed by atoms with Crippen LogP contribution in [0.3, 0.4) is 0 Å². The molecule has 7 nitrogen and oxygen atoms in total. The Morgan fingerprint density at radius 2 is 2.14 bits per heavy atom. The number of benzene rings is 1. The summed E-state index contributed by atoms with van der Waals surface area (Å²) in [5.74, 6) is -0.822. The van der Waals surface area contributed by atoms with E-state index in [1.54, 1.807) is 36.5 Å². The Morgan fingerprint density at radius 1 is 1.27 bits per heavy atom. The van der Waals surface area contributed by atoms with Crippen molar-refractivity contribution in [1.82, 2.24) is 15.2 Å². The topological polar surface area (TPSA) is 97.0 Å². The van der Waals surface area contributed by atoms with Crippen molar-refractivity contribution in [2.75, 3.05) is 12.4 Å². The lowest BCUT2D eigenvalue weighted by molar-refractivity contribution is 0.0596. The predicted octanol–water partition coefficient (Wildman–Crippen LogP) is 2.00. The highest BCUT2D eigenvalue weighted by atomic mass is 16.5. The van der Waals surface area contributed by atoms with Gasteiger partial charge in [-0.1, -0.05) is 0 Å². The summed E-state index contributed by atoms with van der Waals surface area (Å²) in [7, 11) is 1.29. The van der Waals surface area contributed by atoms with Crippen LogP contribution in [0.2, 0.25) is 0 Å². The van der Waals surface area contributed by atoms with Gasteiger partial charge in [-0.25, -0.2) is 4.79 Å². The van der Waals surface area contributed by atoms with Gasteiger partial charge in [0.25, 0.3) is 5.91 Å². The van der Waals surface area contributed by atoms with Crippen LogP contribution in [0.5, 0.6) is 0 Å². The first-order valence-electron chi connectivity index (χ1n) is 6.47. The molecule has 0 saturated carbocycles. The van der Waals surface area contributed by atoms with Crippen LogP contribution in [-0.4, -0.2) is 34.2 Å². The van der Waals surface area contributed by atoms with E-state index in [4.69, 9.17) is 0 Å². The van der Waals surface area contributed by atoms with Gasteiger partial charge in [0.05, 0.1) is 18.2 Å². The minimum absolute atomic E-state index is 0.176. The molecular formula is C15H12N4O3. The van der Waals surface area contributed by atoms with Crippen molar-refractivity contribution in [2.45, 2.75) is 0 Å². The average molecular weight is 296 g/mol. The monoisotopic (exact) mass is 296 g/mol. The SMILES string of the molecule is COC(=O)c1n[nH]c2ccc(NC(=O)c3cccnc3)cc12. The summed E-state index contributed by atoms with van der Waals surface area (Å²) in [5, 5.41) is 10.00. The maximum atomic E-state index is 12.1. The van der Waals surface area contributed by atoms with Gasteiger partial charge in [-0.05, 0) is 30.3 Å². The minimum Gasteiger partial charge on any atom is -0.464 e. The van der Waals surface area contributed by atoms with Gasteiger partial charge in [-0.15, -0.1) is 0 Å². The van der Waals surface area contributed by atoms with Crippen LogP contribution < -0.4 is 5.32 Å². The number of nitrogens with one attached hydrogen (secondary N) is 2. The van der Waals surface area contributed by atoms with Gasteiger partial charge < -0.3 is 10.1 Å². The number of esters is 1. The number of carbonyl (C=O) groups excluding carboxylic acids is 2. The number of hydrogen-bond acceptors (Lipinski definition) is 5. The van der Waals surface area contributed by atoms with Crippen molar-refractivity contribution < 1.29 is 14.3 Å². The Labute approximate surface area is 125 Å². The lowest BCUT2D eigenvalue weighted by Gasteiger charge is -2.05. The van der Waals surface area contributed by atoms with E-state index in [1.807, 2.05) is 0 Å². The molecule has 0 aliphatic carbocycles. The standard InChI is InChI=1S/C15H12N4O3/c1-22-15(21)13-11-7-10(4-5-12(11)18-19-13)17-14(20)9-3-2-6-16-8-9/h2-8H,1H3,(H,17,20)(H,18,19). The van der Waals surface area contributed by atoms with Crippen LogP contribution in [0.25, 0.3) is 10.9 Å². The summed E-state index contributed by atoms with van der Waals surface area (Å²) in [6.07, 6.45) is 3.07. The molecule has 0 fully saturated rings. The smallest absolute Gasteiger partial charge is 0.359 e. The van der Waals surface area contributed by atoms with E-state index in [9.17, 15) is 9.59 Å². The lowest BCUT2D eigenvalue weighted by atomic mass is 10.2. The highest BCUT2D eigenvalue weighted by molar-refractivity contribution is 6.07. The summed E-state index contributed by atoms with van der Waals surface area (Å²) in [4.78, 5) is 27.6. The number of ether oxygens (including phenoxy) is 1. The second-order valence-corrected chi connectivity index (χ2v) is 4.52. The summed E-state index contributed by atoms with van der Waals surface area (Å²) in [6.45, 7) is 0. The summed E-state index contributed by atoms with van der Waals surface area (Å²) < 4.78 is 4.68. The first kappa shape index (κ1) is 13.7. The molecule has 0 spiro atoms. The Bertz CT molecular complexity index is 842. The normalized spacial score (nSPS) is 10.4. The van der Waals surface area contributed by atoms with Crippen molar-refractivity contribution >= 4 is 28.5 Å². The third-order valence-corrected chi connectivity index (χ3v) is 3.12. The van der Waals surface area contributed by atoms with Gasteiger partial charge >= 0.3 is 5.97 Å². The number of aromatic amines is 1. The highest BCUT2D eigenvalue weighted by Crippen LogP contribution is 2.21. The molecule has 0 saturated heterocycles. The van der Waals surface area contributed by atoms with E-state index in [1.165, 1.54) is 13.3 Å². The van der Waals surface area contributed by atoms with Gasteiger partial charge in [0.2, 0.25) is 0 Å². The van der Waals surface area contributed by atoms with Crippen LogP contribution in [0, 0.1) is 0 Å². The molecule has 0 aliphatic heterocycles. The molecular weight excluding hydrogens is 284 g/mol. The van der Waals surface area contributed by atoms with E-state index in [0.29, 0.717) is 22.2 Å². The van der Waals surface area contributed by atoms with E-state index < -0.39 is 5.97 Å². The molecule has 1 amide bonds. The van der Waals surface area contributed by atoms with Crippen molar-refractivity contribution in [2.24, 2.45) is 0 Å². The van der Waals surface area contributed by atoms with Crippen molar-refractivity contribution in [3.05, 3.63) is 54.0 Å². The van der Waals surface area contributed by atoms with Crippen LogP contribution in [0.15, 0.2) is 42.7 Å². The van der Waals surface area contributed by atoms with Gasteiger partial charge in [-0.3, -0.25) is 14.9 Å². The number of pyridine rings is 1.